The number of benzene rings is 1. The molecular weight excluding hydrogens is 318 g/mol. The number of nitrogens with one attached hydrogen (secondary N) is 1. The van der Waals surface area contributed by atoms with E-state index in [2.05, 4.69) is 11.9 Å². The molecule has 6 heteroatoms. The lowest BCUT2D eigenvalue weighted by atomic mass is 10.2. The lowest BCUT2D eigenvalue weighted by Gasteiger charge is -2.23. The fourth-order valence-corrected chi connectivity index (χ4v) is 3.36. The number of carbonyl (C=O) groups is 1. The first kappa shape index (κ1) is 17.8. The molecule has 2 heterocycles. The van der Waals surface area contributed by atoms with Crippen molar-refractivity contribution >= 4 is 16.8 Å². The molecule has 1 fully saturated rings. The highest BCUT2D eigenvalue weighted by Gasteiger charge is 2.22. The van der Waals surface area contributed by atoms with Crippen molar-refractivity contribution in [1.29, 1.82) is 0 Å². The van der Waals surface area contributed by atoms with Crippen molar-refractivity contribution in [1.82, 2.24) is 14.8 Å². The second-order valence-corrected chi connectivity index (χ2v) is 6.63. The predicted octanol–water partition coefficient (Wildman–Crippen LogP) is 1.85. The van der Waals surface area contributed by atoms with E-state index in [4.69, 9.17) is 4.74 Å². The number of aromatic nitrogens is 1. The first-order valence-corrected chi connectivity index (χ1v) is 9.04. The molecule has 1 saturated heterocycles. The molecule has 136 valence electrons. The molecular formula is C19H27N3O3. The van der Waals surface area contributed by atoms with Crippen LogP contribution in [0.25, 0.3) is 10.9 Å². The van der Waals surface area contributed by atoms with Crippen LogP contribution in [0.1, 0.15) is 19.8 Å². The van der Waals surface area contributed by atoms with Gasteiger partial charge in [0.1, 0.15) is 18.5 Å². The van der Waals surface area contributed by atoms with E-state index in [-0.39, 0.29) is 12.5 Å². The third kappa shape index (κ3) is 4.52. The molecule has 1 unspecified atom stereocenters. The smallest absolute Gasteiger partial charge is 0.236 e. The number of carbonyl (C=O) groups excluding carboxylic acids is 1. The summed E-state index contributed by atoms with van der Waals surface area (Å²) in [5.41, 5.74) is 1.01. The van der Waals surface area contributed by atoms with Crippen LogP contribution < -0.4 is 4.74 Å². The molecule has 2 aromatic rings. The molecule has 0 saturated carbocycles. The minimum atomic E-state index is -0.625. The number of aromatic amines is 1. The van der Waals surface area contributed by atoms with E-state index in [1.54, 1.807) is 0 Å². The first-order chi connectivity index (χ1) is 12.2. The molecule has 25 heavy (non-hydrogen) atoms. The van der Waals surface area contributed by atoms with E-state index in [1.165, 1.54) is 0 Å². The van der Waals surface area contributed by atoms with Gasteiger partial charge >= 0.3 is 0 Å². The number of rotatable bonds is 7. The maximum Gasteiger partial charge on any atom is 0.236 e. The summed E-state index contributed by atoms with van der Waals surface area (Å²) in [5, 5.41) is 11.3. The Kier molecular flexibility index (Phi) is 5.94. The first-order valence-electron chi connectivity index (χ1n) is 9.04. The topological polar surface area (TPSA) is 68.8 Å². The maximum absolute atomic E-state index is 12.3. The van der Waals surface area contributed by atoms with Gasteiger partial charge in [0.15, 0.2) is 0 Å². The van der Waals surface area contributed by atoms with Crippen molar-refractivity contribution in [2.75, 3.05) is 39.3 Å². The number of aliphatic hydroxyl groups is 1. The third-order valence-electron chi connectivity index (χ3n) is 4.56. The quantitative estimate of drug-likeness (QED) is 0.804. The number of nitrogens with zero attached hydrogens (tertiary/aromatic N) is 2. The minimum absolute atomic E-state index is 0.157. The monoisotopic (exact) mass is 345 g/mol. The predicted molar refractivity (Wildman–Crippen MR) is 97.7 cm³/mol. The Morgan fingerprint density at radius 1 is 1.32 bits per heavy atom. The second-order valence-electron chi connectivity index (χ2n) is 6.63. The Bertz CT molecular complexity index is 700. The SMILES string of the molecule is CCCN1CCCN(CC(O)COc2cccc3[nH]ccc23)CC1=O. The summed E-state index contributed by atoms with van der Waals surface area (Å²) in [6.07, 6.45) is 3.17. The minimum Gasteiger partial charge on any atom is -0.490 e. The summed E-state index contributed by atoms with van der Waals surface area (Å²) in [5.74, 6) is 0.920. The van der Waals surface area contributed by atoms with Crippen molar-refractivity contribution in [2.24, 2.45) is 0 Å². The standard InChI is InChI=1S/C19H27N3O3/c1-2-9-22-11-4-10-21(13-19(22)24)12-15(23)14-25-18-6-3-5-17-16(18)7-8-20-17/h3,5-8,15,20,23H,2,4,9-14H2,1H3. The fourth-order valence-electron chi connectivity index (χ4n) is 3.36. The zero-order valence-electron chi connectivity index (χ0n) is 14.8. The molecule has 0 aliphatic carbocycles. The van der Waals surface area contributed by atoms with Crippen molar-refractivity contribution in [3.63, 3.8) is 0 Å². The van der Waals surface area contributed by atoms with E-state index >= 15 is 0 Å². The largest absolute Gasteiger partial charge is 0.490 e. The number of aliphatic hydroxyl groups excluding tert-OH is 1. The normalized spacial score (nSPS) is 17.7. The van der Waals surface area contributed by atoms with Crippen LogP contribution in [-0.2, 0) is 4.79 Å². The zero-order chi connectivity index (χ0) is 17.6. The van der Waals surface area contributed by atoms with Gasteiger partial charge in [-0.05, 0) is 31.0 Å². The van der Waals surface area contributed by atoms with Crippen LogP contribution in [0, 0.1) is 0 Å². The molecule has 1 amide bonds. The van der Waals surface area contributed by atoms with E-state index in [0.29, 0.717) is 13.1 Å². The number of amides is 1. The third-order valence-corrected chi connectivity index (χ3v) is 4.56. The lowest BCUT2D eigenvalue weighted by Crippen LogP contribution is -2.41. The van der Waals surface area contributed by atoms with E-state index < -0.39 is 6.10 Å². The molecule has 1 aromatic heterocycles. The Labute approximate surface area is 148 Å². The average molecular weight is 345 g/mol. The Morgan fingerprint density at radius 2 is 2.20 bits per heavy atom. The molecule has 6 nitrogen and oxygen atoms in total. The molecule has 0 spiro atoms. The highest BCUT2D eigenvalue weighted by molar-refractivity contribution is 5.85. The fraction of sp³-hybridized carbons (Fsp3) is 0.526. The van der Waals surface area contributed by atoms with Crippen molar-refractivity contribution < 1.29 is 14.6 Å². The zero-order valence-corrected chi connectivity index (χ0v) is 14.8. The molecule has 3 rings (SSSR count). The van der Waals surface area contributed by atoms with Gasteiger partial charge in [-0.15, -0.1) is 0 Å². The summed E-state index contributed by atoms with van der Waals surface area (Å²) in [6, 6.07) is 7.79. The second kappa shape index (κ2) is 8.36. The summed E-state index contributed by atoms with van der Waals surface area (Å²) in [7, 11) is 0. The van der Waals surface area contributed by atoms with Crippen LogP contribution >= 0.6 is 0 Å². The number of hydrogen-bond acceptors (Lipinski definition) is 4. The number of H-pyrrole nitrogens is 1. The van der Waals surface area contributed by atoms with Gasteiger partial charge in [0.05, 0.1) is 6.54 Å². The van der Waals surface area contributed by atoms with Crippen LogP contribution in [-0.4, -0.2) is 71.2 Å². The molecule has 1 aliphatic heterocycles. The van der Waals surface area contributed by atoms with Crippen molar-refractivity contribution in [3.05, 3.63) is 30.5 Å². The Morgan fingerprint density at radius 3 is 3.04 bits per heavy atom. The molecule has 0 radical (unpaired) electrons. The summed E-state index contributed by atoms with van der Waals surface area (Å²) >= 11 is 0. The van der Waals surface area contributed by atoms with Crippen LogP contribution in [0.2, 0.25) is 0 Å². The van der Waals surface area contributed by atoms with Crippen molar-refractivity contribution in [3.8, 4) is 5.75 Å². The van der Waals surface area contributed by atoms with Crippen LogP contribution in [0.4, 0.5) is 0 Å². The van der Waals surface area contributed by atoms with Crippen LogP contribution in [0.3, 0.4) is 0 Å². The maximum atomic E-state index is 12.3. The van der Waals surface area contributed by atoms with Crippen LogP contribution in [0.5, 0.6) is 5.75 Å². The molecule has 1 atom stereocenters. The lowest BCUT2D eigenvalue weighted by molar-refractivity contribution is -0.131. The van der Waals surface area contributed by atoms with Gasteiger partial charge in [-0.3, -0.25) is 9.69 Å². The highest BCUT2D eigenvalue weighted by atomic mass is 16.5. The average Bonchev–Trinajstić information content (AvgIpc) is 3.01. The number of ether oxygens (including phenoxy) is 1. The summed E-state index contributed by atoms with van der Waals surface area (Å²) in [4.78, 5) is 19.4. The van der Waals surface area contributed by atoms with E-state index in [9.17, 15) is 9.90 Å². The van der Waals surface area contributed by atoms with Gasteiger partial charge < -0.3 is 19.7 Å². The molecule has 1 aliphatic rings. The summed E-state index contributed by atoms with van der Waals surface area (Å²) in [6.45, 7) is 5.59. The number of hydrogen-bond donors (Lipinski definition) is 2. The van der Waals surface area contributed by atoms with Gasteiger partial charge in [0.2, 0.25) is 5.91 Å². The highest BCUT2D eigenvalue weighted by Crippen LogP contribution is 2.24. The Balaban J connectivity index is 1.51. The summed E-state index contributed by atoms with van der Waals surface area (Å²) < 4.78 is 5.81. The van der Waals surface area contributed by atoms with Crippen LogP contribution in [0.15, 0.2) is 30.5 Å². The molecule has 0 bridgehead atoms. The van der Waals surface area contributed by atoms with Gasteiger partial charge in [-0.1, -0.05) is 13.0 Å². The van der Waals surface area contributed by atoms with Crippen molar-refractivity contribution in [2.45, 2.75) is 25.9 Å². The van der Waals surface area contributed by atoms with Gasteiger partial charge in [0.25, 0.3) is 0 Å². The Hall–Kier alpha value is -2.05. The number of fused-ring (bicyclic) bond motifs is 1. The van der Waals surface area contributed by atoms with E-state index in [0.717, 1.165) is 49.1 Å². The molecule has 1 aromatic carbocycles. The van der Waals surface area contributed by atoms with Gasteiger partial charge in [-0.2, -0.15) is 0 Å². The van der Waals surface area contributed by atoms with Gasteiger partial charge in [-0.25, -0.2) is 0 Å². The molecule has 2 N–H and O–H groups in total. The van der Waals surface area contributed by atoms with Gasteiger partial charge in [0, 0.05) is 43.3 Å². The number of β-amino-alcohol motifs (C(OH)–C–C–N with tert-alkyl or cyclic N) is 1. The van der Waals surface area contributed by atoms with E-state index in [1.807, 2.05) is 40.3 Å².